The van der Waals surface area contributed by atoms with Crippen molar-refractivity contribution in [2.45, 2.75) is 29.7 Å². The Labute approximate surface area is 155 Å². The van der Waals surface area contributed by atoms with Crippen molar-refractivity contribution in [3.63, 3.8) is 0 Å². The first kappa shape index (κ1) is 19.4. The monoisotopic (exact) mass is 384 g/mol. The molecular weight excluding hydrogens is 356 g/mol. The Kier molecular flexibility index (Phi) is 5.76. The molecule has 0 aromatic heterocycles. The lowest BCUT2D eigenvalue weighted by Crippen LogP contribution is -2.54. The molecule has 2 heterocycles. The van der Waals surface area contributed by atoms with Crippen LogP contribution in [-0.2, 0) is 14.8 Å². The maximum absolute atomic E-state index is 13.1. The molecule has 7 nitrogen and oxygen atoms in total. The van der Waals surface area contributed by atoms with Crippen LogP contribution in [0.5, 0.6) is 11.5 Å². The van der Waals surface area contributed by atoms with Crippen molar-refractivity contribution in [1.82, 2.24) is 9.21 Å². The number of rotatable bonds is 6. The van der Waals surface area contributed by atoms with Gasteiger partial charge in [0.1, 0.15) is 13.2 Å². The van der Waals surface area contributed by atoms with Gasteiger partial charge in [-0.3, -0.25) is 0 Å². The highest BCUT2D eigenvalue weighted by atomic mass is 32.2. The van der Waals surface area contributed by atoms with Gasteiger partial charge in [0, 0.05) is 38.4 Å². The van der Waals surface area contributed by atoms with Gasteiger partial charge < -0.3 is 19.1 Å². The third-order valence-corrected chi connectivity index (χ3v) is 7.42. The number of hydrogen-bond donors (Lipinski definition) is 0. The summed E-state index contributed by atoms with van der Waals surface area (Å²) in [5, 5.41) is 0. The van der Waals surface area contributed by atoms with Gasteiger partial charge in [-0.1, -0.05) is 0 Å². The lowest BCUT2D eigenvalue weighted by atomic mass is 9.84. The van der Waals surface area contributed by atoms with Gasteiger partial charge >= 0.3 is 0 Å². The third kappa shape index (κ3) is 3.69. The molecule has 1 fully saturated rings. The summed E-state index contributed by atoms with van der Waals surface area (Å²) in [6.45, 7) is 2.59. The Hall–Kier alpha value is -1.35. The minimum Gasteiger partial charge on any atom is -0.486 e. The van der Waals surface area contributed by atoms with Crippen molar-refractivity contribution in [2.24, 2.45) is 0 Å². The van der Waals surface area contributed by atoms with Gasteiger partial charge in [0.05, 0.1) is 4.90 Å². The summed E-state index contributed by atoms with van der Waals surface area (Å²) in [6, 6.07) is 4.85. The first-order valence-electron chi connectivity index (χ1n) is 8.95. The number of benzene rings is 1. The van der Waals surface area contributed by atoms with E-state index in [1.165, 1.54) is 0 Å². The van der Waals surface area contributed by atoms with Gasteiger partial charge in [-0.25, -0.2) is 8.42 Å². The average Bonchev–Trinajstić information content (AvgIpc) is 2.66. The molecule has 0 spiro atoms. The van der Waals surface area contributed by atoms with E-state index in [-0.39, 0.29) is 10.4 Å². The zero-order valence-electron chi connectivity index (χ0n) is 15.7. The van der Waals surface area contributed by atoms with Gasteiger partial charge in [-0.2, -0.15) is 4.31 Å². The van der Waals surface area contributed by atoms with Crippen LogP contribution in [0.15, 0.2) is 23.1 Å². The summed E-state index contributed by atoms with van der Waals surface area (Å²) in [6.07, 6.45) is 2.47. The predicted octanol–water partition coefficient (Wildman–Crippen LogP) is 1.58. The lowest BCUT2D eigenvalue weighted by molar-refractivity contribution is 0.0467. The highest BCUT2D eigenvalue weighted by Gasteiger charge is 2.40. The van der Waals surface area contributed by atoms with E-state index in [2.05, 4.69) is 19.0 Å². The molecule has 0 radical (unpaired) electrons. The van der Waals surface area contributed by atoms with E-state index >= 15 is 0 Å². The van der Waals surface area contributed by atoms with Gasteiger partial charge in [-0.05, 0) is 45.5 Å². The second-order valence-electron chi connectivity index (χ2n) is 7.07. The first-order chi connectivity index (χ1) is 12.4. The van der Waals surface area contributed by atoms with Crippen molar-refractivity contribution in [1.29, 1.82) is 0 Å². The standard InChI is InChI=1S/C18H28N2O5S/c1-19(2)18(8-11-23-3)6-9-20(10-7-18)26(21,22)15-4-5-16-17(14-15)25-13-12-24-16/h4-5,14H,6-13H2,1-3H3. The maximum atomic E-state index is 13.1. The van der Waals surface area contributed by atoms with E-state index in [9.17, 15) is 8.42 Å². The second-order valence-corrected chi connectivity index (χ2v) is 9.01. The number of methoxy groups -OCH3 is 1. The summed E-state index contributed by atoms with van der Waals surface area (Å²) >= 11 is 0. The van der Waals surface area contributed by atoms with Crippen molar-refractivity contribution in [2.75, 3.05) is 54.1 Å². The minimum absolute atomic E-state index is 0.0190. The fourth-order valence-corrected chi connectivity index (χ4v) is 5.15. The van der Waals surface area contributed by atoms with Crippen LogP contribution in [0.1, 0.15) is 19.3 Å². The number of nitrogens with zero attached hydrogens (tertiary/aromatic N) is 2. The molecule has 1 aromatic carbocycles. The number of sulfonamides is 1. The number of fused-ring (bicyclic) bond motifs is 1. The summed E-state index contributed by atoms with van der Waals surface area (Å²) in [7, 11) is 2.27. The summed E-state index contributed by atoms with van der Waals surface area (Å²) < 4.78 is 44.0. The molecule has 0 aliphatic carbocycles. The zero-order chi connectivity index (χ0) is 18.8. The molecule has 8 heteroatoms. The van der Waals surface area contributed by atoms with Crippen LogP contribution in [0.3, 0.4) is 0 Å². The molecule has 0 atom stereocenters. The predicted molar refractivity (Wildman–Crippen MR) is 98.3 cm³/mol. The molecule has 1 aromatic rings. The van der Waals surface area contributed by atoms with E-state index in [1.807, 2.05) is 0 Å². The van der Waals surface area contributed by atoms with Crippen molar-refractivity contribution in [3.05, 3.63) is 18.2 Å². The van der Waals surface area contributed by atoms with Crippen LogP contribution in [0, 0.1) is 0 Å². The van der Waals surface area contributed by atoms with Gasteiger partial charge in [0.2, 0.25) is 10.0 Å². The number of ether oxygens (including phenoxy) is 3. The van der Waals surface area contributed by atoms with Crippen molar-refractivity contribution >= 4 is 10.0 Å². The molecule has 0 unspecified atom stereocenters. The highest BCUT2D eigenvalue weighted by molar-refractivity contribution is 7.89. The number of hydrogen-bond acceptors (Lipinski definition) is 6. The van der Waals surface area contributed by atoms with Crippen LogP contribution in [0.4, 0.5) is 0 Å². The molecular formula is C18H28N2O5S. The molecule has 0 saturated carbocycles. The maximum Gasteiger partial charge on any atom is 0.243 e. The van der Waals surface area contributed by atoms with E-state index in [4.69, 9.17) is 14.2 Å². The largest absolute Gasteiger partial charge is 0.486 e. The summed E-state index contributed by atoms with van der Waals surface area (Å²) in [4.78, 5) is 2.47. The SMILES string of the molecule is COCCC1(N(C)C)CCN(S(=O)(=O)c2ccc3c(c2)OCCO3)CC1. The molecule has 0 amide bonds. The van der Waals surface area contributed by atoms with E-state index < -0.39 is 10.0 Å². The smallest absolute Gasteiger partial charge is 0.243 e. The zero-order valence-corrected chi connectivity index (χ0v) is 16.5. The molecule has 3 rings (SSSR count). The third-order valence-electron chi connectivity index (χ3n) is 5.52. The quantitative estimate of drug-likeness (QED) is 0.742. The van der Waals surface area contributed by atoms with Crippen molar-refractivity contribution in [3.8, 4) is 11.5 Å². The molecule has 26 heavy (non-hydrogen) atoms. The number of piperidine rings is 1. The lowest BCUT2D eigenvalue weighted by Gasteiger charge is -2.45. The molecule has 1 saturated heterocycles. The van der Waals surface area contributed by atoms with Gasteiger partial charge in [-0.15, -0.1) is 0 Å². The Morgan fingerprint density at radius 3 is 2.42 bits per heavy atom. The Morgan fingerprint density at radius 1 is 1.15 bits per heavy atom. The molecule has 146 valence electrons. The normalized spacial score (nSPS) is 20.3. The van der Waals surface area contributed by atoms with Crippen LogP contribution >= 0.6 is 0 Å². The fourth-order valence-electron chi connectivity index (χ4n) is 3.69. The molecule has 0 bridgehead atoms. The molecule has 2 aliphatic rings. The average molecular weight is 384 g/mol. The topological polar surface area (TPSA) is 68.3 Å². The highest BCUT2D eigenvalue weighted by Crippen LogP contribution is 2.36. The Morgan fingerprint density at radius 2 is 1.81 bits per heavy atom. The van der Waals surface area contributed by atoms with Crippen LogP contribution in [0.2, 0.25) is 0 Å². The van der Waals surface area contributed by atoms with E-state index in [0.29, 0.717) is 44.4 Å². The van der Waals surface area contributed by atoms with Crippen molar-refractivity contribution < 1.29 is 22.6 Å². The minimum atomic E-state index is -3.54. The summed E-state index contributed by atoms with van der Waals surface area (Å²) in [5.41, 5.74) is -0.0190. The van der Waals surface area contributed by atoms with Gasteiger partial charge in [0.25, 0.3) is 0 Å². The van der Waals surface area contributed by atoms with E-state index in [0.717, 1.165) is 19.3 Å². The fraction of sp³-hybridized carbons (Fsp3) is 0.667. The summed E-state index contributed by atoms with van der Waals surface area (Å²) in [5.74, 6) is 1.09. The van der Waals surface area contributed by atoms with Crippen LogP contribution < -0.4 is 9.47 Å². The first-order valence-corrected chi connectivity index (χ1v) is 10.4. The van der Waals surface area contributed by atoms with E-state index in [1.54, 1.807) is 29.6 Å². The Balaban J connectivity index is 1.75. The van der Waals surface area contributed by atoms with Crippen LogP contribution in [0.25, 0.3) is 0 Å². The Bertz CT molecular complexity index is 727. The van der Waals surface area contributed by atoms with Crippen LogP contribution in [-0.4, -0.2) is 77.3 Å². The molecule has 2 aliphatic heterocycles. The molecule has 0 N–H and O–H groups in total. The second kappa shape index (κ2) is 7.72. The van der Waals surface area contributed by atoms with Gasteiger partial charge in [0.15, 0.2) is 11.5 Å².